The topological polar surface area (TPSA) is 78.9 Å². The maximum absolute atomic E-state index is 13.4. The number of nitrogens with one attached hydrogen (secondary N) is 1. The number of piperazine rings is 1. The molecule has 2 aliphatic rings. The third-order valence-corrected chi connectivity index (χ3v) is 8.89. The van der Waals surface area contributed by atoms with Gasteiger partial charge >= 0.3 is 0 Å². The largest absolute Gasteiger partial charge is 0.493 e. The number of benzene rings is 3. The Balaban J connectivity index is 1.31. The minimum absolute atomic E-state index is 0.0592. The lowest BCUT2D eigenvalue weighted by Gasteiger charge is -2.35. The van der Waals surface area contributed by atoms with E-state index in [4.69, 9.17) is 16.3 Å². The van der Waals surface area contributed by atoms with Crippen LogP contribution in [0, 0.1) is 5.82 Å². The molecule has 0 aromatic heterocycles. The van der Waals surface area contributed by atoms with Crippen molar-refractivity contribution in [1.29, 1.82) is 0 Å². The molecule has 0 saturated carbocycles. The third-order valence-electron chi connectivity index (χ3n) is 6.51. The number of carbonyl (C=O) groups is 1. The van der Waals surface area contributed by atoms with Crippen LogP contribution in [0.4, 0.5) is 10.1 Å². The van der Waals surface area contributed by atoms with E-state index >= 15 is 0 Å². The first-order chi connectivity index (χ1) is 17.3. The molecule has 1 N–H and O–H groups in total. The second-order valence-electron chi connectivity index (χ2n) is 8.71. The lowest BCUT2D eigenvalue weighted by Crippen LogP contribution is -2.48. The molecule has 1 saturated heterocycles. The zero-order chi connectivity index (χ0) is 25.3. The van der Waals surface area contributed by atoms with Crippen LogP contribution in [0.15, 0.2) is 71.6 Å². The normalized spacial score (nSPS) is 18.3. The van der Waals surface area contributed by atoms with Crippen molar-refractivity contribution in [3.63, 3.8) is 0 Å². The molecule has 1 fully saturated rings. The summed E-state index contributed by atoms with van der Waals surface area (Å²) in [6, 6.07) is 17.7. The van der Waals surface area contributed by atoms with Crippen molar-refractivity contribution in [2.45, 2.75) is 17.4 Å². The summed E-state index contributed by atoms with van der Waals surface area (Å²) in [5.41, 5.74) is 1.93. The average molecular weight is 530 g/mol. The van der Waals surface area contributed by atoms with Gasteiger partial charge in [-0.25, -0.2) is 12.8 Å². The summed E-state index contributed by atoms with van der Waals surface area (Å²) in [5, 5.41) is 3.05. The van der Waals surface area contributed by atoms with E-state index in [1.165, 1.54) is 34.6 Å². The third kappa shape index (κ3) is 4.91. The number of ether oxygens (including phenoxy) is 1. The lowest BCUT2D eigenvalue weighted by atomic mass is 10.00. The standard InChI is InChI=1S/C26H25ClFN3O4S/c27-22-10-5-18(26(32)29-23-11-16-35-24-4-2-1-3-21(23)24)17-25(22)36(33,34)31-14-12-30(13-15-31)20-8-6-19(28)7-9-20/h1-10,17,23H,11-16H2,(H,29,32). The second kappa shape index (κ2) is 10.1. The van der Waals surface area contributed by atoms with Gasteiger partial charge in [0.05, 0.1) is 17.7 Å². The van der Waals surface area contributed by atoms with Crippen molar-refractivity contribution < 1.29 is 22.3 Å². The highest BCUT2D eigenvalue weighted by Gasteiger charge is 2.31. The van der Waals surface area contributed by atoms with Crippen molar-refractivity contribution in [3.05, 3.63) is 88.7 Å². The van der Waals surface area contributed by atoms with Gasteiger partial charge in [-0.05, 0) is 48.5 Å². The Morgan fingerprint density at radius 2 is 1.72 bits per heavy atom. The number of fused-ring (bicyclic) bond motifs is 1. The van der Waals surface area contributed by atoms with E-state index in [-0.39, 0.29) is 46.3 Å². The molecular formula is C26H25ClFN3O4S. The van der Waals surface area contributed by atoms with Crippen LogP contribution in [0.5, 0.6) is 5.75 Å². The molecule has 3 aromatic carbocycles. The SMILES string of the molecule is O=C(NC1CCOc2ccccc21)c1ccc(Cl)c(S(=O)(=O)N2CCN(c3ccc(F)cc3)CC2)c1. The van der Waals surface area contributed by atoms with Crippen LogP contribution >= 0.6 is 11.6 Å². The van der Waals surface area contributed by atoms with Crippen molar-refractivity contribution in [3.8, 4) is 5.75 Å². The summed E-state index contributed by atoms with van der Waals surface area (Å²) >= 11 is 6.30. The van der Waals surface area contributed by atoms with Gasteiger partial charge in [-0.15, -0.1) is 0 Å². The van der Waals surface area contributed by atoms with Gasteiger partial charge in [0.15, 0.2) is 0 Å². The number of anilines is 1. The van der Waals surface area contributed by atoms with E-state index in [1.54, 1.807) is 12.1 Å². The van der Waals surface area contributed by atoms with E-state index in [2.05, 4.69) is 5.32 Å². The van der Waals surface area contributed by atoms with Gasteiger partial charge in [-0.3, -0.25) is 4.79 Å². The fourth-order valence-corrected chi connectivity index (χ4v) is 6.48. The zero-order valence-corrected chi connectivity index (χ0v) is 20.9. The van der Waals surface area contributed by atoms with Crippen LogP contribution in [0.3, 0.4) is 0 Å². The second-order valence-corrected chi connectivity index (χ2v) is 11.0. The minimum atomic E-state index is -3.93. The Morgan fingerprint density at radius 1 is 1.00 bits per heavy atom. The van der Waals surface area contributed by atoms with E-state index in [1.807, 2.05) is 29.2 Å². The predicted molar refractivity (Wildman–Crippen MR) is 136 cm³/mol. The minimum Gasteiger partial charge on any atom is -0.493 e. The maximum Gasteiger partial charge on any atom is 0.251 e. The quantitative estimate of drug-likeness (QED) is 0.535. The van der Waals surface area contributed by atoms with Crippen molar-refractivity contribution in [2.75, 3.05) is 37.7 Å². The molecule has 0 bridgehead atoms. The number of para-hydroxylation sites is 1. The molecule has 2 aliphatic heterocycles. The monoisotopic (exact) mass is 529 g/mol. The molecule has 0 spiro atoms. The molecular weight excluding hydrogens is 505 g/mol. The zero-order valence-electron chi connectivity index (χ0n) is 19.4. The Hall–Kier alpha value is -3.14. The average Bonchev–Trinajstić information content (AvgIpc) is 2.89. The molecule has 2 heterocycles. The highest BCUT2D eigenvalue weighted by Crippen LogP contribution is 2.32. The van der Waals surface area contributed by atoms with Crippen LogP contribution < -0.4 is 15.0 Å². The number of carbonyl (C=O) groups excluding carboxylic acids is 1. The van der Waals surface area contributed by atoms with Crippen molar-refractivity contribution in [2.24, 2.45) is 0 Å². The van der Waals surface area contributed by atoms with E-state index in [0.717, 1.165) is 17.0 Å². The van der Waals surface area contributed by atoms with Gasteiger partial charge in [-0.2, -0.15) is 4.31 Å². The fraction of sp³-hybridized carbons (Fsp3) is 0.269. The molecule has 1 amide bonds. The molecule has 188 valence electrons. The first kappa shape index (κ1) is 24.5. The van der Waals surface area contributed by atoms with E-state index in [9.17, 15) is 17.6 Å². The lowest BCUT2D eigenvalue weighted by molar-refractivity contribution is 0.0924. The fourth-order valence-electron chi connectivity index (χ4n) is 4.55. The number of halogens is 2. The summed E-state index contributed by atoms with van der Waals surface area (Å²) in [4.78, 5) is 15.0. The smallest absolute Gasteiger partial charge is 0.251 e. The molecule has 0 aliphatic carbocycles. The molecule has 1 unspecified atom stereocenters. The summed E-state index contributed by atoms with van der Waals surface area (Å²) < 4.78 is 47.2. The first-order valence-electron chi connectivity index (χ1n) is 11.7. The first-order valence-corrected chi connectivity index (χ1v) is 13.5. The molecule has 7 nitrogen and oxygen atoms in total. The number of hydrogen-bond acceptors (Lipinski definition) is 5. The van der Waals surface area contributed by atoms with Crippen LogP contribution in [0.2, 0.25) is 5.02 Å². The maximum atomic E-state index is 13.4. The van der Waals surface area contributed by atoms with E-state index in [0.29, 0.717) is 26.1 Å². The van der Waals surface area contributed by atoms with Crippen LogP contribution in [-0.2, 0) is 10.0 Å². The van der Waals surface area contributed by atoms with Crippen LogP contribution in [0.25, 0.3) is 0 Å². The number of rotatable bonds is 5. The van der Waals surface area contributed by atoms with E-state index < -0.39 is 10.0 Å². The Bertz CT molecular complexity index is 1380. The Morgan fingerprint density at radius 3 is 2.47 bits per heavy atom. The molecule has 1 atom stereocenters. The number of hydrogen-bond donors (Lipinski definition) is 1. The molecule has 0 radical (unpaired) electrons. The van der Waals surface area contributed by atoms with Crippen LogP contribution in [-0.4, -0.2) is 51.4 Å². The molecule has 36 heavy (non-hydrogen) atoms. The van der Waals surface area contributed by atoms with Crippen molar-refractivity contribution >= 4 is 33.2 Å². The summed E-state index contributed by atoms with van der Waals surface area (Å²) in [6.07, 6.45) is 0.611. The molecule has 5 rings (SSSR count). The summed E-state index contributed by atoms with van der Waals surface area (Å²) in [5.74, 6) is 0.0266. The molecule has 10 heteroatoms. The van der Waals surface area contributed by atoms with Gasteiger partial charge < -0.3 is 15.0 Å². The molecule has 3 aromatic rings. The van der Waals surface area contributed by atoms with Gasteiger partial charge in [0.25, 0.3) is 5.91 Å². The van der Waals surface area contributed by atoms with Gasteiger partial charge in [0, 0.05) is 49.4 Å². The number of nitrogens with zero attached hydrogens (tertiary/aromatic N) is 2. The summed E-state index contributed by atoms with van der Waals surface area (Å²) in [7, 11) is -3.93. The Labute approximate surface area is 214 Å². The van der Waals surface area contributed by atoms with Gasteiger partial charge in [-0.1, -0.05) is 29.8 Å². The number of sulfonamides is 1. The van der Waals surface area contributed by atoms with Crippen molar-refractivity contribution in [1.82, 2.24) is 9.62 Å². The summed E-state index contributed by atoms with van der Waals surface area (Å²) in [6.45, 7) is 1.86. The number of amides is 1. The highest BCUT2D eigenvalue weighted by atomic mass is 35.5. The van der Waals surface area contributed by atoms with Crippen LogP contribution in [0.1, 0.15) is 28.4 Å². The van der Waals surface area contributed by atoms with Gasteiger partial charge in [0.1, 0.15) is 16.5 Å². The predicted octanol–water partition coefficient (Wildman–Crippen LogP) is 4.24. The van der Waals surface area contributed by atoms with Gasteiger partial charge in [0.2, 0.25) is 10.0 Å². The highest BCUT2D eigenvalue weighted by molar-refractivity contribution is 7.89. The Kier molecular flexibility index (Phi) is 6.87.